The van der Waals surface area contributed by atoms with Gasteiger partial charge in [-0.05, 0) is 30.5 Å². The number of aromatic nitrogens is 2. The first kappa shape index (κ1) is 11.6. The Balaban J connectivity index is 1.99. The lowest BCUT2D eigenvalue weighted by Crippen LogP contribution is -2.15. The number of hydrogen-bond donors (Lipinski definition) is 1. The summed E-state index contributed by atoms with van der Waals surface area (Å²) in [4.78, 5) is 0. The average Bonchev–Trinajstić information content (AvgIpc) is 2.58. The van der Waals surface area contributed by atoms with Crippen LogP contribution in [0.1, 0.15) is 19.0 Å². The Kier molecular flexibility index (Phi) is 5.71. The van der Waals surface area contributed by atoms with Gasteiger partial charge in [0.15, 0.2) is 0 Å². The number of aryl methyl sites for hydroxylation is 1. The van der Waals surface area contributed by atoms with Gasteiger partial charge in [-0.3, -0.25) is 4.68 Å². The van der Waals surface area contributed by atoms with Crippen molar-refractivity contribution >= 4 is 11.8 Å². The van der Waals surface area contributed by atoms with Crippen LogP contribution in [0.5, 0.6) is 0 Å². The first-order chi connectivity index (χ1) is 6.83. The third kappa shape index (κ3) is 4.67. The number of thioether (sulfide) groups is 1. The monoisotopic (exact) mass is 213 g/mol. The average molecular weight is 213 g/mol. The summed E-state index contributed by atoms with van der Waals surface area (Å²) in [5.41, 5.74) is 1.12. The molecule has 14 heavy (non-hydrogen) atoms. The molecule has 0 aromatic carbocycles. The van der Waals surface area contributed by atoms with Crippen molar-refractivity contribution in [3.8, 4) is 0 Å². The van der Waals surface area contributed by atoms with Crippen molar-refractivity contribution in [3.05, 3.63) is 18.0 Å². The molecule has 0 aliphatic rings. The highest BCUT2D eigenvalue weighted by atomic mass is 32.2. The smallest absolute Gasteiger partial charge is 0.0762 e. The zero-order valence-corrected chi connectivity index (χ0v) is 9.81. The molecule has 4 heteroatoms. The van der Waals surface area contributed by atoms with Gasteiger partial charge in [0.05, 0.1) is 5.69 Å². The molecule has 0 unspecified atom stereocenters. The van der Waals surface area contributed by atoms with E-state index in [0.29, 0.717) is 0 Å². The normalized spacial score (nSPS) is 10.7. The molecule has 0 aliphatic heterocycles. The van der Waals surface area contributed by atoms with Crippen LogP contribution in [-0.2, 0) is 13.6 Å². The molecule has 0 aliphatic carbocycles. The standard InChI is InChI=1S/C10H19N3S/c1-3-14-8-4-6-11-9-10-5-7-13(2)12-10/h5,7,11H,3-4,6,8-9H2,1-2H3. The SMILES string of the molecule is CCSCCCNCc1ccn(C)n1. The predicted molar refractivity (Wildman–Crippen MR) is 62.5 cm³/mol. The third-order valence-corrected chi connectivity index (χ3v) is 2.91. The minimum Gasteiger partial charge on any atom is -0.311 e. The molecule has 1 aromatic heterocycles. The van der Waals surface area contributed by atoms with Crippen molar-refractivity contribution in [2.75, 3.05) is 18.1 Å². The molecule has 0 spiro atoms. The zero-order valence-electron chi connectivity index (χ0n) is 8.99. The maximum absolute atomic E-state index is 4.29. The number of hydrogen-bond acceptors (Lipinski definition) is 3. The molecule has 0 atom stereocenters. The lowest BCUT2D eigenvalue weighted by Gasteiger charge is -2.01. The second-order valence-electron chi connectivity index (χ2n) is 3.21. The van der Waals surface area contributed by atoms with Gasteiger partial charge in [-0.2, -0.15) is 16.9 Å². The van der Waals surface area contributed by atoms with Gasteiger partial charge in [0, 0.05) is 19.8 Å². The van der Waals surface area contributed by atoms with Crippen LogP contribution in [0.2, 0.25) is 0 Å². The van der Waals surface area contributed by atoms with E-state index in [0.717, 1.165) is 18.8 Å². The molecule has 0 bridgehead atoms. The van der Waals surface area contributed by atoms with Gasteiger partial charge in [-0.25, -0.2) is 0 Å². The van der Waals surface area contributed by atoms with E-state index in [1.807, 2.05) is 35.8 Å². The van der Waals surface area contributed by atoms with E-state index in [9.17, 15) is 0 Å². The van der Waals surface area contributed by atoms with Gasteiger partial charge < -0.3 is 5.32 Å². The summed E-state index contributed by atoms with van der Waals surface area (Å²) in [7, 11) is 1.95. The van der Waals surface area contributed by atoms with E-state index >= 15 is 0 Å². The highest BCUT2D eigenvalue weighted by molar-refractivity contribution is 7.99. The Morgan fingerprint density at radius 2 is 2.43 bits per heavy atom. The topological polar surface area (TPSA) is 29.9 Å². The molecule has 1 rings (SSSR count). The Morgan fingerprint density at radius 3 is 3.07 bits per heavy atom. The minimum atomic E-state index is 0.887. The molecule has 1 heterocycles. The largest absolute Gasteiger partial charge is 0.311 e. The molecule has 3 nitrogen and oxygen atoms in total. The first-order valence-electron chi connectivity index (χ1n) is 5.10. The van der Waals surface area contributed by atoms with Crippen molar-refractivity contribution in [2.45, 2.75) is 19.9 Å². The number of nitrogens with zero attached hydrogens (tertiary/aromatic N) is 2. The molecule has 0 saturated heterocycles. The fourth-order valence-corrected chi connectivity index (χ4v) is 1.85. The highest BCUT2D eigenvalue weighted by Gasteiger charge is 1.95. The third-order valence-electron chi connectivity index (χ3n) is 1.92. The van der Waals surface area contributed by atoms with E-state index in [-0.39, 0.29) is 0 Å². The fraction of sp³-hybridized carbons (Fsp3) is 0.700. The van der Waals surface area contributed by atoms with Crippen LogP contribution in [0.15, 0.2) is 12.3 Å². The van der Waals surface area contributed by atoms with Crippen LogP contribution in [0.4, 0.5) is 0 Å². The number of rotatable bonds is 7. The van der Waals surface area contributed by atoms with Crippen molar-refractivity contribution < 1.29 is 0 Å². The Bertz CT molecular complexity index is 247. The molecule has 0 fully saturated rings. The Labute approximate surface area is 90.3 Å². The van der Waals surface area contributed by atoms with Gasteiger partial charge in [-0.1, -0.05) is 6.92 Å². The van der Waals surface area contributed by atoms with Crippen molar-refractivity contribution in [1.82, 2.24) is 15.1 Å². The van der Waals surface area contributed by atoms with E-state index < -0.39 is 0 Å². The quantitative estimate of drug-likeness (QED) is 0.699. The van der Waals surface area contributed by atoms with Crippen LogP contribution in [0.3, 0.4) is 0 Å². The van der Waals surface area contributed by atoms with Crippen molar-refractivity contribution in [3.63, 3.8) is 0 Å². The Morgan fingerprint density at radius 1 is 1.57 bits per heavy atom. The number of nitrogens with one attached hydrogen (secondary N) is 1. The van der Waals surface area contributed by atoms with Crippen LogP contribution in [0.25, 0.3) is 0 Å². The molecular weight excluding hydrogens is 194 g/mol. The summed E-state index contributed by atoms with van der Waals surface area (Å²) < 4.78 is 1.84. The summed E-state index contributed by atoms with van der Waals surface area (Å²) in [6, 6.07) is 2.05. The molecule has 80 valence electrons. The molecular formula is C10H19N3S. The summed E-state index contributed by atoms with van der Waals surface area (Å²) >= 11 is 2.00. The van der Waals surface area contributed by atoms with Gasteiger partial charge >= 0.3 is 0 Å². The van der Waals surface area contributed by atoms with Crippen molar-refractivity contribution in [2.24, 2.45) is 7.05 Å². The summed E-state index contributed by atoms with van der Waals surface area (Å²) in [5.74, 6) is 2.48. The summed E-state index contributed by atoms with van der Waals surface area (Å²) in [6.07, 6.45) is 3.22. The lowest BCUT2D eigenvalue weighted by atomic mass is 10.4. The second-order valence-corrected chi connectivity index (χ2v) is 4.60. The lowest BCUT2D eigenvalue weighted by molar-refractivity contribution is 0.649. The van der Waals surface area contributed by atoms with E-state index in [4.69, 9.17) is 0 Å². The highest BCUT2D eigenvalue weighted by Crippen LogP contribution is 1.99. The van der Waals surface area contributed by atoms with Gasteiger partial charge in [0.25, 0.3) is 0 Å². The molecule has 0 saturated carbocycles. The molecule has 1 aromatic rings. The van der Waals surface area contributed by atoms with Crippen LogP contribution < -0.4 is 5.32 Å². The summed E-state index contributed by atoms with van der Waals surface area (Å²) in [6.45, 7) is 4.17. The first-order valence-corrected chi connectivity index (χ1v) is 6.25. The van der Waals surface area contributed by atoms with E-state index in [2.05, 4.69) is 17.3 Å². The minimum absolute atomic E-state index is 0.887. The van der Waals surface area contributed by atoms with Crippen molar-refractivity contribution in [1.29, 1.82) is 0 Å². The predicted octanol–water partition coefficient (Wildman–Crippen LogP) is 1.65. The van der Waals surface area contributed by atoms with Crippen LogP contribution in [0, 0.1) is 0 Å². The van der Waals surface area contributed by atoms with Crippen LogP contribution in [-0.4, -0.2) is 27.8 Å². The maximum atomic E-state index is 4.29. The second kappa shape index (κ2) is 6.90. The summed E-state index contributed by atoms with van der Waals surface area (Å²) in [5, 5.41) is 7.68. The zero-order chi connectivity index (χ0) is 10.2. The van der Waals surface area contributed by atoms with Gasteiger partial charge in [-0.15, -0.1) is 0 Å². The molecule has 0 radical (unpaired) electrons. The van der Waals surface area contributed by atoms with Crippen LogP contribution >= 0.6 is 11.8 Å². The van der Waals surface area contributed by atoms with Gasteiger partial charge in [0.1, 0.15) is 0 Å². The van der Waals surface area contributed by atoms with Gasteiger partial charge in [0.2, 0.25) is 0 Å². The molecule has 0 amide bonds. The Hall–Kier alpha value is -0.480. The van der Waals surface area contributed by atoms with E-state index in [1.165, 1.54) is 17.9 Å². The molecule has 1 N–H and O–H groups in total. The van der Waals surface area contributed by atoms with E-state index in [1.54, 1.807) is 0 Å². The maximum Gasteiger partial charge on any atom is 0.0762 e. The fourth-order valence-electron chi connectivity index (χ4n) is 1.22.